The maximum Gasteiger partial charge on any atom is 0.0619 e. The highest BCUT2D eigenvalue weighted by atomic mass is 32.1. The standard InChI is InChI=1S/C7H15NS/c1-2-6-4-3-5-7(6,8)9/h6,9H,2-5,8H2,1H3. The third kappa shape index (κ3) is 1.41. The molecule has 2 atom stereocenters. The average Bonchev–Trinajstić information content (AvgIpc) is 2.08. The molecule has 1 aliphatic rings. The van der Waals surface area contributed by atoms with Crippen LogP contribution in [-0.2, 0) is 0 Å². The van der Waals surface area contributed by atoms with Gasteiger partial charge in [0.25, 0.3) is 0 Å². The zero-order valence-corrected chi connectivity index (χ0v) is 6.82. The number of thiol groups is 1. The van der Waals surface area contributed by atoms with Crippen molar-refractivity contribution < 1.29 is 0 Å². The van der Waals surface area contributed by atoms with Crippen molar-refractivity contribution in [3.05, 3.63) is 0 Å². The van der Waals surface area contributed by atoms with Crippen LogP contribution in [-0.4, -0.2) is 4.87 Å². The molecule has 1 saturated carbocycles. The van der Waals surface area contributed by atoms with Gasteiger partial charge in [-0.05, 0) is 18.8 Å². The Morgan fingerprint density at radius 2 is 2.44 bits per heavy atom. The first-order chi connectivity index (χ1) is 4.17. The van der Waals surface area contributed by atoms with Crippen LogP contribution >= 0.6 is 12.6 Å². The summed E-state index contributed by atoms with van der Waals surface area (Å²) in [5, 5.41) is 0. The quantitative estimate of drug-likeness (QED) is 0.427. The van der Waals surface area contributed by atoms with Gasteiger partial charge in [0.15, 0.2) is 0 Å². The summed E-state index contributed by atoms with van der Waals surface area (Å²) in [4.78, 5) is -0.144. The summed E-state index contributed by atoms with van der Waals surface area (Å²) in [7, 11) is 0. The topological polar surface area (TPSA) is 26.0 Å². The molecule has 1 aliphatic carbocycles. The third-order valence-electron chi connectivity index (χ3n) is 2.33. The predicted molar refractivity (Wildman–Crippen MR) is 43.5 cm³/mol. The van der Waals surface area contributed by atoms with Crippen molar-refractivity contribution in [2.24, 2.45) is 11.7 Å². The van der Waals surface area contributed by atoms with Gasteiger partial charge in [-0.15, -0.1) is 0 Å². The van der Waals surface area contributed by atoms with Crippen molar-refractivity contribution in [3.8, 4) is 0 Å². The largest absolute Gasteiger partial charge is 0.317 e. The molecule has 0 bridgehead atoms. The summed E-state index contributed by atoms with van der Waals surface area (Å²) in [5.74, 6) is 0.654. The van der Waals surface area contributed by atoms with Gasteiger partial charge in [-0.25, -0.2) is 0 Å². The summed E-state index contributed by atoms with van der Waals surface area (Å²) in [6.45, 7) is 2.19. The van der Waals surface area contributed by atoms with Crippen molar-refractivity contribution in [2.75, 3.05) is 0 Å². The van der Waals surface area contributed by atoms with Gasteiger partial charge >= 0.3 is 0 Å². The summed E-state index contributed by atoms with van der Waals surface area (Å²) >= 11 is 4.40. The fourth-order valence-electron chi connectivity index (χ4n) is 1.64. The summed E-state index contributed by atoms with van der Waals surface area (Å²) in [5.41, 5.74) is 5.90. The second-order valence-electron chi connectivity index (χ2n) is 2.99. The summed E-state index contributed by atoms with van der Waals surface area (Å²) < 4.78 is 0. The second-order valence-corrected chi connectivity index (χ2v) is 3.82. The van der Waals surface area contributed by atoms with Crippen molar-refractivity contribution in [3.63, 3.8) is 0 Å². The number of rotatable bonds is 1. The van der Waals surface area contributed by atoms with Crippen molar-refractivity contribution in [1.29, 1.82) is 0 Å². The Bertz CT molecular complexity index is 101. The van der Waals surface area contributed by atoms with Gasteiger partial charge in [-0.3, -0.25) is 0 Å². The van der Waals surface area contributed by atoms with Gasteiger partial charge in [-0.1, -0.05) is 19.8 Å². The van der Waals surface area contributed by atoms with E-state index in [9.17, 15) is 0 Å². The van der Waals surface area contributed by atoms with Crippen LogP contribution in [0.1, 0.15) is 32.6 Å². The van der Waals surface area contributed by atoms with Crippen LogP contribution in [0.15, 0.2) is 0 Å². The zero-order chi connectivity index (χ0) is 6.91. The van der Waals surface area contributed by atoms with Gasteiger partial charge in [0.1, 0.15) is 0 Å². The highest BCUT2D eigenvalue weighted by molar-refractivity contribution is 7.81. The fourth-order valence-corrected chi connectivity index (χ4v) is 2.11. The van der Waals surface area contributed by atoms with E-state index in [4.69, 9.17) is 5.73 Å². The second kappa shape index (κ2) is 2.51. The Hall–Kier alpha value is 0.310. The minimum absolute atomic E-state index is 0.144. The van der Waals surface area contributed by atoms with E-state index in [1.807, 2.05) is 0 Å². The van der Waals surface area contributed by atoms with E-state index in [0.29, 0.717) is 5.92 Å². The van der Waals surface area contributed by atoms with Crippen LogP contribution in [0.5, 0.6) is 0 Å². The first kappa shape index (κ1) is 7.42. The monoisotopic (exact) mass is 145 g/mol. The summed E-state index contributed by atoms with van der Waals surface area (Å²) in [6, 6.07) is 0. The molecule has 54 valence electrons. The minimum atomic E-state index is -0.144. The molecule has 0 aliphatic heterocycles. The molecule has 1 rings (SSSR count). The molecule has 2 heteroatoms. The number of hydrogen-bond acceptors (Lipinski definition) is 2. The maximum atomic E-state index is 5.90. The van der Waals surface area contributed by atoms with Gasteiger partial charge in [0.05, 0.1) is 4.87 Å². The van der Waals surface area contributed by atoms with Crippen LogP contribution in [0.2, 0.25) is 0 Å². The lowest BCUT2D eigenvalue weighted by molar-refractivity contribution is 0.433. The van der Waals surface area contributed by atoms with E-state index < -0.39 is 0 Å². The van der Waals surface area contributed by atoms with Gasteiger partial charge < -0.3 is 5.73 Å². The number of nitrogens with two attached hydrogens (primary N) is 1. The fraction of sp³-hybridized carbons (Fsp3) is 1.00. The average molecular weight is 145 g/mol. The molecule has 2 unspecified atom stereocenters. The molecule has 0 aromatic heterocycles. The van der Waals surface area contributed by atoms with Crippen LogP contribution in [0.4, 0.5) is 0 Å². The van der Waals surface area contributed by atoms with Gasteiger partial charge in [0, 0.05) is 0 Å². The number of hydrogen-bond donors (Lipinski definition) is 2. The first-order valence-electron chi connectivity index (χ1n) is 3.68. The molecule has 0 radical (unpaired) electrons. The molecule has 0 amide bonds. The molecule has 1 fully saturated rings. The molecule has 1 nitrogen and oxygen atoms in total. The van der Waals surface area contributed by atoms with Crippen molar-refractivity contribution in [2.45, 2.75) is 37.5 Å². The predicted octanol–water partition coefficient (Wildman–Crippen LogP) is 1.78. The van der Waals surface area contributed by atoms with Crippen LogP contribution < -0.4 is 5.73 Å². The maximum absolute atomic E-state index is 5.90. The normalized spacial score (nSPS) is 43.7. The lowest BCUT2D eigenvalue weighted by Gasteiger charge is -2.24. The molecule has 0 spiro atoms. The van der Waals surface area contributed by atoms with E-state index in [0.717, 1.165) is 6.42 Å². The van der Waals surface area contributed by atoms with E-state index >= 15 is 0 Å². The molecular weight excluding hydrogens is 130 g/mol. The molecule has 9 heavy (non-hydrogen) atoms. The first-order valence-corrected chi connectivity index (χ1v) is 4.13. The Kier molecular flexibility index (Phi) is 2.07. The van der Waals surface area contributed by atoms with Crippen LogP contribution in [0.25, 0.3) is 0 Å². The Labute approximate surface area is 62.4 Å². The Morgan fingerprint density at radius 3 is 2.67 bits per heavy atom. The van der Waals surface area contributed by atoms with E-state index in [1.54, 1.807) is 0 Å². The van der Waals surface area contributed by atoms with Gasteiger partial charge in [-0.2, -0.15) is 12.6 Å². The molecule has 0 heterocycles. The SMILES string of the molecule is CCC1CCCC1(N)S. The lowest BCUT2D eigenvalue weighted by atomic mass is 10.0. The molecule has 2 N–H and O–H groups in total. The van der Waals surface area contributed by atoms with Crippen LogP contribution in [0.3, 0.4) is 0 Å². The Morgan fingerprint density at radius 1 is 1.78 bits per heavy atom. The van der Waals surface area contributed by atoms with Crippen molar-refractivity contribution in [1.82, 2.24) is 0 Å². The molecular formula is C7H15NS. The van der Waals surface area contributed by atoms with Gasteiger partial charge in [0.2, 0.25) is 0 Å². The van der Waals surface area contributed by atoms with Crippen molar-refractivity contribution >= 4 is 12.6 Å². The highest BCUT2D eigenvalue weighted by Gasteiger charge is 2.34. The zero-order valence-electron chi connectivity index (χ0n) is 5.93. The third-order valence-corrected chi connectivity index (χ3v) is 2.92. The van der Waals surface area contributed by atoms with E-state index in [-0.39, 0.29) is 4.87 Å². The molecule has 0 aromatic carbocycles. The Balaban J connectivity index is 2.52. The van der Waals surface area contributed by atoms with E-state index in [2.05, 4.69) is 19.6 Å². The molecule has 0 saturated heterocycles. The molecule has 0 aromatic rings. The van der Waals surface area contributed by atoms with E-state index in [1.165, 1.54) is 19.3 Å². The smallest absolute Gasteiger partial charge is 0.0619 e. The summed E-state index contributed by atoms with van der Waals surface area (Å²) in [6.07, 6.45) is 4.81. The lowest BCUT2D eigenvalue weighted by Crippen LogP contribution is -2.36. The highest BCUT2D eigenvalue weighted by Crippen LogP contribution is 2.38. The minimum Gasteiger partial charge on any atom is -0.317 e. The van der Waals surface area contributed by atoms with Crippen LogP contribution in [0, 0.1) is 5.92 Å².